The quantitative estimate of drug-likeness (QED) is 0.462. The average Bonchev–Trinajstić information content (AvgIpc) is 3.02. The van der Waals surface area contributed by atoms with E-state index in [0.29, 0.717) is 5.82 Å². The van der Waals surface area contributed by atoms with Gasteiger partial charge in [0.2, 0.25) is 5.95 Å². The molecule has 0 radical (unpaired) electrons. The number of benzene rings is 2. The largest absolute Gasteiger partial charge is 0.508 e. The van der Waals surface area contributed by atoms with E-state index in [2.05, 4.69) is 25.5 Å². The lowest BCUT2D eigenvalue weighted by atomic mass is 10.0. The van der Waals surface area contributed by atoms with Crippen LogP contribution in [0.2, 0.25) is 0 Å². The number of aromatic hydroxyl groups is 1. The molecule has 2 aromatic heterocycles. The second kappa shape index (κ2) is 5.54. The van der Waals surface area contributed by atoms with Gasteiger partial charge in [0.05, 0.1) is 11.7 Å². The lowest BCUT2D eigenvalue weighted by Crippen LogP contribution is -1.99. The minimum atomic E-state index is 0.206. The van der Waals surface area contributed by atoms with Crippen LogP contribution >= 0.6 is 0 Å². The minimum Gasteiger partial charge on any atom is -0.508 e. The van der Waals surface area contributed by atoms with Crippen molar-refractivity contribution < 1.29 is 5.11 Å². The summed E-state index contributed by atoms with van der Waals surface area (Å²) in [7, 11) is 0. The average molecular weight is 318 g/mol. The molecule has 4 aromatic rings. The molecule has 7 nitrogen and oxygen atoms in total. The third-order valence-electron chi connectivity index (χ3n) is 3.65. The zero-order chi connectivity index (χ0) is 16.5. The maximum absolute atomic E-state index is 9.76. The van der Waals surface area contributed by atoms with Crippen LogP contribution < -0.4 is 11.1 Å². The van der Waals surface area contributed by atoms with Crippen molar-refractivity contribution in [2.75, 3.05) is 11.1 Å². The highest BCUT2D eigenvalue weighted by atomic mass is 16.3. The number of phenolic OH excluding ortho intramolecular Hbond substituents is 1. The van der Waals surface area contributed by atoms with Crippen molar-refractivity contribution in [2.24, 2.45) is 0 Å². The maximum Gasteiger partial charge on any atom is 0.221 e. The number of hydrogen-bond donors (Lipinski definition) is 4. The van der Waals surface area contributed by atoms with Crippen LogP contribution in [0.1, 0.15) is 0 Å². The van der Waals surface area contributed by atoms with E-state index in [4.69, 9.17) is 5.73 Å². The predicted octanol–water partition coefficient (Wildman–Crippen LogP) is 3.05. The summed E-state index contributed by atoms with van der Waals surface area (Å²) >= 11 is 0. The van der Waals surface area contributed by atoms with E-state index in [9.17, 15) is 5.11 Å². The Kier molecular flexibility index (Phi) is 3.24. The van der Waals surface area contributed by atoms with Crippen LogP contribution in [0.15, 0.2) is 54.9 Å². The first-order chi connectivity index (χ1) is 11.7. The highest BCUT2D eigenvalue weighted by Crippen LogP contribution is 2.33. The predicted molar refractivity (Wildman–Crippen MR) is 92.9 cm³/mol. The van der Waals surface area contributed by atoms with Crippen LogP contribution in [0.3, 0.4) is 0 Å². The van der Waals surface area contributed by atoms with Crippen LogP contribution in [0.4, 0.5) is 17.5 Å². The van der Waals surface area contributed by atoms with Gasteiger partial charge in [-0.2, -0.15) is 10.1 Å². The summed E-state index contributed by atoms with van der Waals surface area (Å²) < 4.78 is 0. The van der Waals surface area contributed by atoms with E-state index in [0.717, 1.165) is 27.7 Å². The molecule has 0 spiro atoms. The summed E-state index contributed by atoms with van der Waals surface area (Å²) in [5, 5.41) is 21.0. The van der Waals surface area contributed by atoms with Gasteiger partial charge >= 0.3 is 0 Å². The molecule has 118 valence electrons. The van der Waals surface area contributed by atoms with Crippen LogP contribution in [0.25, 0.3) is 22.0 Å². The topological polar surface area (TPSA) is 113 Å². The highest BCUT2D eigenvalue weighted by molar-refractivity contribution is 5.96. The zero-order valence-electron chi connectivity index (χ0n) is 12.6. The molecule has 5 N–H and O–H groups in total. The van der Waals surface area contributed by atoms with E-state index in [1.54, 1.807) is 36.7 Å². The molecule has 7 heteroatoms. The van der Waals surface area contributed by atoms with Gasteiger partial charge in [0.1, 0.15) is 11.6 Å². The Bertz CT molecular complexity index is 1030. The monoisotopic (exact) mass is 318 g/mol. The third kappa shape index (κ3) is 2.58. The minimum absolute atomic E-state index is 0.206. The smallest absolute Gasteiger partial charge is 0.221 e. The van der Waals surface area contributed by atoms with Gasteiger partial charge < -0.3 is 16.2 Å². The van der Waals surface area contributed by atoms with Gasteiger partial charge in [-0.1, -0.05) is 12.1 Å². The van der Waals surface area contributed by atoms with Crippen molar-refractivity contribution in [3.63, 3.8) is 0 Å². The summed E-state index contributed by atoms with van der Waals surface area (Å²) in [5.41, 5.74) is 9.16. The number of rotatable bonds is 3. The van der Waals surface area contributed by atoms with E-state index in [1.165, 1.54) is 0 Å². The zero-order valence-corrected chi connectivity index (χ0v) is 12.6. The molecule has 0 saturated carbocycles. The van der Waals surface area contributed by atoms with Crippen molar-refractivity contribution in [2.45, 2.75) is 0 Å². The van der Waals surface area contributed by atoms with Crippen molar-refractivity contribution >= 4 is 28.4 Å². The van der Waals surface area contributed by atoms with Gasteiger partial charge in [0, 0.05) is 22.8 Å². The molecular weight excluding hydrogens is 304 g/mol. The molecule has 0 unspecified atom stereocenters. The van der Waals surface area contributed by atoms with E-state index >= 15 is 0 Å². The molecule has 0 saturated heterocycles. The second-order valence-corrected chi connectivity index (χ2v) is 5.33. The van der Waals surface area contributed by atoms with Crippen molar-refractivity contribution in [3.8, 4) is 16.9 Å². The van der Waals surface area contributed by atoms with Gasteiger partial charge in [0.25, 0.3) is 0 Å². The normalized spacial score (nSPS) is 10.8. The Morgan fingerprint density at radius 3 is 2.88 bits per heavy atom. The number of H-pyrrole nitrogens is 1. The Morgan fingerprint density at radius 1 is 1.12 bits per heavy atom. The number of nitrogen functional groups attached to an aromatic ring is 1. The number of fused-ring (bicyclic) bond motifs is 1. The first kappa shape index (κ1) is 14.0. The molecule has 0 aliphatic rings. The molecule has 0 atom stereocenters. The Balaban J connectivity index is 1.83. The van der Waals surface area contributed by atoms with Gasteiger partial charge in [-0.25, -0.2) is 4.98 Å². The molecule has 24 heavy (non-hydrogen) atoms. The fourth-order valence-corrected chi connectivity index (χ4v) is 2.62. The van der Waals surface area contributed by atoms with Crippen LogP contribution in [-0.2, 0) is 0 Å². The SMILES string of the molecule is Nc1nccc(Nc2cc(-c3cccc(O)c3)c3[nH]ncc3c2)n1. The van der Waals surface area contributed by atoms with Crippen LogP contribution in [0, 0.1) is 0 Å². The first-order valence-corrected chi connectivity index (χ1v) is 7.31. The van der Waals surface area contributed by atoms with Gasteiger partial charge in [-0.3, -0.25) is 5.10 Å². The second-order valence-electron chi connectivity index (χ2n) is 5.33. The molecule has 2 aromatic carbocycles. The molecular formula is C17H14N6O. The van der Waals surface area contributed by atoms with Crippen molar-refractivity contribution in [1.82, 2.24) is 20.2 Å². The van der Waals surface area contributed by atoms with E-state index < -0.39 is 0 Å². The van der Waals surface area contributed by atoms with Crippen molar-refractivity contribution in [3.05, 3.63) is 54.9 Å². The number of phenols is 1. The number of anilines is 3. The lowest BCUT2D eigenvalue weighted by Gasteiger charge is -2.10. The van der Waals surface area contributed by atoms with E-state index in [1.807, 2.05) is 18.2 Å². The molecule has 0 aliphatic heterocycles. The molecule has 0 aliphatic carbocycles. The molecule has 4 rings (SSSR count). The standard InChI is InChI=1S/C17H14N6O/c18-17-19-5-4-15(22-17)21-12-6-11-9-20-23-16(11)14(8-12)10-2-1-3-13(24)7-10/h1-9,24H,(H,20,23)(H3,18,19,21,22). The summed E-state index contributed by atoms with van der Waals surface area (Å²) in [6.45, 7) is 0. The maximum atomic E-state index is 9.76. The Morgan fingerprint density at radius 2 is 2.04 bits per heavy atom. The first-order valence-electron chi connectivity index (χ1n) is 7.31. The summed E-state index contributed by atoms with van der Waals surface area (Å²) in [6.07, 6.45) is 3.35. The summed E-state index contributed by atoms with van der Waals surface area (Å²) in [6, 6.07) is 12.8. The molecule has 0 amide bonds. The van der Waals surface area contributed by atoms with Crippen LogP contribution in [-0.4, -0.2) is 25.3 Å². The summed E-state index contributed by atoms with van der Waals surface area (Å²) in [4.78, 5) is 8.03. The van der Waals surface area contributed by atoms with Crippen LogP contribution in [0.5, 0.6) is 5.75 Å². The number of hydrogen-bond acceptors (Lipinski definition) is 6. The number of aromatic nitrogens is 4. The Hall–Kier alpha value is -3.61. The fourth-order valence-electron chi connectivity index (χ4n) is 2.62. The lowest BCUT2D eigenvalue weighted by molar-refractivity contribution is 0.475. The summed E-state index contributed by atoms with van der Waals surface area (Å²) in [5.74, 6) is 1.02. The Labute approximate surface area is 137 Å². The van der Waals surface area contributed by atoms with Crippen molar-refractivity contribution in [1.29, 1.82) is 0 Å². The molecule has 2 heterocycles. The molecule has 0 bridgehead atoms. The number of aromatic amines is 1. The van der Waals surface area contributed by atoms with E-state index in [-0.39, 0.29) is 11.7 Å². The van der Waals surface area contributed by atoms with Gasteiger partial charge in [-0.05, 0) is 35.9 Å². The number of nitrogens with two attached hydrogens (primary N) is 1. The number of nitrogens with zero attached hydrogens (tertiary/aromatic N) is 3. The van der Waals surface area contributed by atoms with Gasteiger partial charge in [0.15, 0.2) is 0 Å². The number of nitrogens with one attached hydrogen (secondary N) is 2. The fraction of sp³-hybridized carbons (Fsp3) is 0. The molecule has 0 fully saturated rings. The van der Waals surface area contributed by atoms with Gasteiger partial charge in [-0.15, -0.1) is 0 Å². The third-order valence-corrected chi connectivity index (χ3v) is 3.65. The highest BCUT2D eigenvalue weighted by Gasteiger charge is 2.10.